The van der Waals surface area contributed by atoms with E-state index in [1.165, 1.54) is 18.3 Å². The van der Waals surface area contributed by atoms with Gasteiger partial charge in [0.05, 0.1) is 0 Å². The minimum atomic E-state index is -0.680. The van der Waals surface area contributed by atoms with Crippen LogP contribution in [0.25, 0.3) is 0 Å². The van der Waals surface area contributed by atoms with Gasteiger partial charge >= 0.3 is 5.97 Å². The highest BCUT2D eigenvalue weighted by molar-refractivity contribution is 6.08. The van der Waals surface area contributed by atoms with E-state index in [1.807, 2.05) is 50.3 Å². The number of allylic oxidation sites excluding steroid dienone is 4. The van der Waals surface area contributed by atoms with Crippen molar-refractivity contribution < 1.29 is 34.1 Å². The molecule has 3 aromatic carbocycles. The van der Waals surface area contributed by atoms with Crippen molar-refractivity contribution in [1.29, 1.82) is 0 Å². The summed E-state index contributed by atoms with van der Waals surface area (Å²) in [5.41, 5.74) is 4.00. The number of ether oxygens (including phenoxy) is 1. The Labute approximate surface area is 287 Å². The van der Waals surface area contributed by atoms with E-state index >= 15 is 0 Å². The van der Waals surface area contributed by atoms with Crippen LogP contribution in [-0.4, -0.2) is 53.0 Å². The van der Waals surface area contributed by atoms with Gasteiger partial charge in [-0.05, 0) is 43.9 Å². The van der Waals surface area contributed by atoms with E-state index in [0.29, 0.717) is 42.5 Å². The highest BCUT2D eigenvalue weighted by atomic mass is 16.5. The number of ketones is 1. The number of carbonyl (C=O) groups excluding carboxylic acids is 4. The van der Waals surface area contributed by atoms with Gasteiger partial charge in [-0.3, -0.25) is 14.4 Å². The fourth-order valence-corrected chi connectivity index (χ4v) is 4.68. The maximum atomic E-state index is 12.9. The first-order valence-corrected chi connectivity index (χ1v) is 16.2. The molecule has 49 heavy (non-hydrogen) atoms. The van der Waals surface area contributed by atoms with E-state index in [-0.39, 0.29) is 48.4 Å². The summed E-state index contributed by atoms with van der Waals surface area (Å²) in [7, 11) is 0. The van der Waals surface area contributed by atoms with E-state index in [2.05, 4.69) is 10.6 Å². The summed E-state index contributed by atoms with van der Waals surface area (Å²) in [5.74, 6) is -1.39. The number of aliphatic hydroxyl groups is 1. The minimum Gasteiger partial charge on any atom is -0.507 e. The van der Waals surface area contributed by atoms with E-state index in [1.54, 1.807) is 60.7 Å². The Kier molecular flexibility index (Phi) is 16.0. The predicted octanol–water partition coefficient (Wildman–Crippen LogP) is 5.92. The molecule has 2 amide bonds. The van der Waals surface area contributed by atoms with Crippen LogP contribution >= 0.6 is 0 Å². The van der Waals surface area contributed by atoms with Gasteiger partial charge < -0.3 is 25.6 Å². The Morgan fingerprint density at radius 3 is 2.33 bits per heavy atom. The van der Waals surface area contributed by atoms with Gasteiger partial charge in [0.1, 0.15) is 17.4 Å². The van der Waals surface area contributed by atoms with Crippen LogP contribution in [-0.2, 0) is 27.2 Å². The molecule has 256 valence electrons. The zero-order chi connectivity index (χ0) is 35.4. The van der Waals surface area contributed by atoms with Crippen molar-refractivity contribution in [2.45, 2.75) is 52.1 Å². The first-order valence-electron chi connectivity index (χ1n) is 16.2. The number of carbonyl (C=O) groups is 4. The summed E-state index contributed by atoms with van der Waals surface area (Å²) in [6, 6.07) is 21.2. The van der Waals surface area contributed by atoms with Gasteiger partial charge in [0.15, 0.2) is 5.78 Å². The van der Waals surface area contributed by atoms with E-state index in [0.717, 1.165) is 11.1 Å². The molecule has 0 aromatic heterocycles. The molecule has 3 aromatic rings. The summed E-state index contributed by atoms with van der Waals surface area (Å²) < 4.78 is 5.59. The van der Waals surface area contributed by atoms with Crippen LogP contribution < -0.4 is 10.6 Å². The summed E-state index contributed by atoms with van der Waals surface area (Å²) in [6.45, 7) is 3.99. The second-order valence-corrected chi connectivity index (χ2v) is 11.5. The average molecular weight is 665 g/mol. The topological polar surface area (TPSA) is 142 Å². The summed E-state index contributed by atoms with van der Waals surface area (Å²) >= 11 is 0. The Morgan fingerprint density at radius 2 is 1.61 bits per heavy atom. The predicted molar refractivity (Wildman–Crippen MR) is 190 cm³/mol. The number of hydrogen-bond donors (Lipinski definition) is 4. The normalized spacial score (nSPS) is 11.8. The molecular weight excluding hydrogens is 620 g/mol. The zero-order valence-corrected chi connectivity index (χ0v) is 27.9. The largest absolute Gasteiger partial charge is 0.507 e. The number of benzene rings is 3. The lowest BCUT2D eigenvalue weighted by Crippen LogP contribution is -2.23. The van der Waals surface area contributed by atoms with Crippen LogP contribution in [0.4, 0.5) is 0 Å². The number of aryl methyl sites for hydroxylation is 1. The fourth-order valence-electron chi connectivity index (χ4n) is 4.68. The number of phenols is 1. The Bertz CT molecular complexity index is 1670. The number of phenolic OH excluding ortho intramolecular Hbond substituents is 1. The Morgan fingerprint density at radius 1 is 0.878 bits per heavy atom. The minimum absolute atomic E-state index is 0.0429. The molecule has 0 saturated heterocycles. The molecule has 0 unspecified atom stereocenters. The first kappa shape index (κ1) is 37.9. The van der Waals surface area contributed by atoms with Crippen LogP contribution in [0.1, 0.15) is 70.5 Å². The third kappa shape index (κ3) is 13.6. The van der Waals surface area contributed by atoms with Crippen LogP contribution in [0.2, 0.25) is 0 Å². The monoisotopic (exact) mass is 664 g/mol. The number of rotatable bonds is 18. The first-order chi connectivity index (χ1) is 23.7. The molecule has 0 aliphatic heterocycles. The number of aromatic hydroxyl groups is 1. The van der Waals surface area contributed by atoms with Crippen molar-refractivity contribution in [2.75, 3.05) is 13.2 Å². The SMILES string of the molecule is CC(C)=CCc1cccc(O)c1C(=O)O[C@@H](C/C=C/NC(=O)/C=C/C=C/CNC(=O)CCc1ccc(C(=O)c2ccccc2)cc1)CCO. The highest BCUT2D eigenvalue weighted by Gasteiger charge is 2.21. The quantitative estimate of drug-likeness (QED) is 0.0435. The Hall–Kier alpha value is -5.54. The van der Waals surface area contributed by atoms with Gasteiger partial charge in [0, 0.05) is 55.8 Å². The van der Waals surface area contributed by atoms with E-state index < -0.39 is 12.1 Å². The maximum Gasteiger partial charge on any atom is 0.342 e. The average Bonchev–Trinajstić information content (AvgIpc) is 3.10. The molecule has 0 aliphatic carbocycles. The zero-order valence-electron chi connectivity index (χ0n) is 27.9. The van der Waals surface area contributed by atoms with Gasteiger partial charge in [-0.15, -0.1) is 0 Å². The van der Waals surface area contributed by atoms with Gasteiger partial charge in [0.2, 0.25) is 11.8 Å². The lowest BCUT2D eigenvalue weighted by atomic mass is 10.0. The van der Waals surface area contributed by atoms with Crippen molar-refractivity contribution in [3.63, 3.8) is 0 Å². The number of esters is 1. The van der Waals surface area contributed by atoms with Gasteiger partial charge in [-0.2, -0.15) is 0 Å². The van der Waals surface area contributed by atoms with Crippen molar-refractivity contribution in [1.82, 2.24) is 10.6 Å². The summed E-state index contributed by atoms with van der Waals surface area (Å²) in [5, 5.41) is 25.2. The molecule has 0 radical (unpaired) electrons. The van der Waals surface area contributed by atoms with Crippen LogP contribution in [0.3, 0.4) is 0 Å². The summed E-state index contributed by atoms with van der Waals surface area (Å²) in [6.07, 6.45) is 12.3. The summed E-state index contributed by atoms with van der Waals surface area (Å²) in [4.78, 5) is 49.8. The molecule has 9 nitrogen and oxygen atoms in total. The van der Waals surface area contributed by atoms with Crippen molar-refractivity contribution >= 4 is 23.6 Å². The van der Waals surface area contributed by atoms with Crippen LogP contribution in [0, 0.1) is 0 Å². The maximum absolute atomic E-state index is 12.9. The number of hydrogen-bond acceptors (Lipinski definition) is 7. The fraction of sp³-hybridized carbons (Fsp3) is 0.250. The third-order valence-electron chi connectivity index (χ3n) is 7.34. The number of amides is 2. The van der Waals surface area contributed by atoms with Gasteiger partial charge in [0.25, 0.3) is 0 Å². The lowest BCUT2D eigenvalue weighted by molar-refractivity contribution is -0.121. The van der Waals surface area contributed by atoms with Crippen molar-refractivity contribution in [3.8, 4) is 5.75 Å². The molecule has 4 N–H and O–H groups in total. The highest BCUT2D eigenvalue weighted by Crippen LogP contribution is 2.24. The van der Waals surface area contributed by atoms with Gasteiger partial charge in [-0.1, -0.05) is 103 Å². The lowest BCUT2D eigenvalue weighted by Gasteiger charge is -2.17. The number of aliphatic hydroxyl groups excluding tert-OH is 1. The molecular formula is C40H44N2O7. The standard InChI is InChI=1S/C40H44N2O7/c1-29(2)17-21-31-13-9-15-35(44)38(31)40(48)49-34(25-28-43)14-10-27-42-36(45)16-7-4-8-26-41-37(46)24-20-30-18-22-33(23-19-30)39(47)32-11-5-3-6-12-32/h3-13,15-19,22-23,27,34,43-44H,14,20-21,24-26,28H2,1-2H3,(H,41,46)(H,42,45)/b8-4+,16-7+,27-10+/t34-/m0/s1. The molecule has 9 heteroatoms. The van der Waals surface area contributed by atoms with E-state index in [9.17, 15) is 29.4 Å². The van der Waals surface area contributed by atoms with E-state index in [4.69, 9.17) is 4.74 Å². The third-order valence-corrected chi connectivity index (χ3v) is 7.34. The second-order valence-electron chi connectivity index (χ2n) is 11.5. The van der Waals surface area contributed by atoms with Crippen molar-refractivity contribution in [2.24, 2.45) is 0 Å². The molecule has 3 rings (SSSR count). The molecule has 0 spiro atoms. The molecule has 0 heterocycles. The van der Waals surface area contributed by atoms with Crippen LogP contribution in [0.5, 0.6) is 5.75 Å². The second kappa shape index (κ2) is 20.6. The molecule has 0 fully saturated rings. The van der Waals surface area contributed by atoms with Gasteiger partial charge in [-0.25, -0.2) is 4.79 Å². The molecule has 0 aliphatic rings. The molecule has 1 atom stereocenters. The van der Waals surface area contributed by atoms with Crippen molar-refractivity contribution in [3.05, 3.63) is 149 Å². The smallest absolute Gasteiger partial charge is 0.342 e. The molecule has 0 saturated carbocycles. The molecule has 0 bridgehead atoms. The number of nitrogens with one attached hydrogen (secondary N) is 2. The van der Waals surface area contributed by atoms with Crippen LogP contribution in [0.15, 0.2) is 121 Å². The Balaban J connectivity index is 1.35.